The van der Waals surface area contributed by atoms with Crippen LogP contribution in [0.5, 0.6) is 0 Å². The third kappa shape index (κ3) is 4.50. The number of nitrogens with two attached hydrogens (primary N) is 1. The van der Waals surface area contributed by atoms with Crippen LogP contribution in [-0.4, -0.2) is 54.7 Å². The quantitative estimate of drug-likeness (QED) is 0.808. The zero-order valence-corrected chi connectivity index (χ0v) is 13.4. The molecule has 1 aliphatic rings. The minimum Gasteiger partial charge on any atom is -0.383 e. The number of methoxy groups -OCH3 is 1. The molecule has 2 atom stereocenters. The lowest BCUT2D eigenvalue weighted by Gasteiger charge is -2.36. The van der Waals surface area contributed by atoms with Gasteiger partial charge in [-0.05, 0) is 37.5 Å². The Morgan fingerprint density at radius 1 is 1.45 bits per heavy atom. The van der Waals surface area contributed by atoms with Crippen molar-refractivity contribution in [3.63, 3.8) is 0 Å². The van der Waals surface area contributed by atoms with E-state index in [1.54, 1.807) is 7.11 Å². The van der Waals surface area contributed by atoms with E-state index in [0.717, 1.165) is 25.9 Å². The van der Waals surface area contributed by atoms with Crippen LogP contribution in [0.1, 0.15) is 31.4 Å². The predicted molar refractivity (Wildman–Crippen MR) is 85.2 cm³/mol. The largest absolute Gasteiger partial charge is 0.383 e. The summed E-state index contributed by atoms with van der Waals surface area (Å²) in [4.78, 5) is 18.4. The molecule has 1 aromatic rings. The highest BCUT2D eigenvalue weighted by Gasteiger charge is 2.25. The molecule has 6 heteroatoms. The number of carbonyl (C=O) groups excluding carboxylic acids is 1. The first-order valence-electron chi connectivity index (χ1n) is 7.80. The summed E-state index contributed by atoms with van der Waals surface area (Å²) >= 11 is 0. The Morgan fingerprint density at radius 3 is 2.68 bits per heavy atom. The fourth-order valence-electron chi connectivity index (χ4n) is 2.85. The molecule has 2 heterocycles. The van der Waals surface area contributed by atoms with Crippen molar-refractivity contribution in [3.8, 4) is 0 Å². The highest BCUT2D eigenvalue weighted by molar-refractivity contribution is 5.81. The van der Waals surface area contributed by atoms with Crippen molar-refractivity contribution in [3.05, 3.63) is 30.1 Å². The van der Waals surface area contributed by atoms with Crippen molar-refractivity contribution in [1.82, 2.24) is 15.2 Å². The molecular weight excluding hydrogens is 280 g/mol. The number of pyridine rings is 1. The van der Waals surface area contributed by atoms with Gasteiger partial charge in [0, 0.05) is 44.7 Å². The van der Waals surface area contributed by atoms with Gasteiger partial charge in [-0.2, -0.15) is 0 Å². The Kier molecular flexibility index (Phi) is 6.30. The van der Waals surface area contributed by atoms with E-state index in [-0.39, 0.29) is 18.6 Å². The van der Waals surface area contributed by atoms with Crippen molar-refractivity contribution in [1.29, 1.82) is 0 Å². The van der Waals surface area contributed by atoms with Gasteiger partial charge in [-0.25, -0.2) is 0 Å². The number of hydrogen-bond acceptors (Lipinski definition) is 5. The van der Waals surface area contributed by atoms with Gasteiger partial charge in [-0.1, -0.05) is 0 Å². The van der Waals surface area contributed by atoms with E-state index in [1.165, 1.54) is 5.56 Å². The van der Waals surface area contributed by atoms with Gasteiger partial charge < -0.3 is 15.8 Å². The Bertz CT molecular complexity index is 460. The van der Waals surface area contributed by atoms with E-state index >= 15 is 0 Å². The lowest BCUT2D eigenvalue weighted by Crippen LogP contribution is -2.51. The first kappa shape index (κ1) is 16.9. The fourth-order valence-corrected chi connectivity index (χ4v) is 2.85. The minimum absolute atomic E-state index is 0.123. The molecule has 0 radical (unpaired) electrons. The molecule has 0 saturated carbocycles. The Labute approximate surface area is 132 Å². The van der Waals surface area contributed by atoms with Crippen molar-refractivity contribution in [2.45, 2.75) is 37.9 Å². The molecular formula is C16H26N4O2. The number of likely N-dealkylation sites (tertiary alicyclic amines) is 1. The molecule has 0 spiro atoms. The van der Waals surface area contributed by atoms with Crippen LogP contribution in [0.4, 0.5) is 0 Å². The van der Waals surface area contributed by atoms with E-state index in [4.69, 9.17) is 10.5 Å². The topological polar surface area (TPSA) is 80.5 Å². The van der Waals surface area contributed by atoms with Gasteiger partial charge >= 0.3 is 0 Å². The molecule has 2 rings (SSSR count). The normalized spacial score (nSPS) is 19.6. The van der Waals surface area contributed by atoms with Crippen molar-refractivity contribution >= 4 is 5.91 Å². The van der Waals surface area contributed by atoms with E-state index in [1.807, 2.05) is 12.4 Å². The van der Waals surface area contributed by atoms with Crippen molar-refractivity contribution in [2.24, 2.45) is 5.73 Å². The maximum absolute atomic E-state index is 11.9. The lowest BCUT2D eigenvalue weighted by molar-refractivity contribution is -0.124. The van der Waals surface area contributed by atoms with Crippen LogP contribution in [0.3, 0.4) is 0 Å². The maximum atomic E-state index is 11.9. The smallest absolute Gasteiger partial charge is 0.239 e. The molecule has 1 amide bonds. The minimum atomic E-state index is -0.584. The second-order valence-corrected chi connectivity index (χ2v) is 5.84. The first-order chi connectivity index (χ1) is 10.6. The van der Waals surface area contributed by atoms with Crippen molar-refractivity contribution < 1.29 is 9.53 Å². The first-order valence-corrected chi connectivity index (χ1v) is 7.80. The van der Waals surface area contributed by atoms with Crippen molar-refractivity contribution in [2.75, 3.05) is 26.8 Å². The second-order valence-electron chi connectivity index (χ2n) is 5.84. The summed E-state index contributed by atoms with van der Waals surface area (Å²) < 4.78 is 4.91. The summed E-state index contributed by atoms with van der Waals surface area (Å²) in [6.07, 6.45) is 5.55. The number of hydrogen-bond donors (Lipinski definition) is 2. The Hall–Kier alpha value is -1.50. The van der Waals surface area contributed by atoms with Gasteiger partial charge in [0.15, 0.2) is 0 Å². The van der Waals surface area contributed by atoms with E-state index in [2.05, 4.69) is 34.3 Å². The molecule has 122 valence electrons. The summed E-state index contributed by atoms with van der Waals surface area (Å²) in [5.74, 6) is -0.123. The summed E-state index contributed by atoms with van der Waals surface area (Å²) in [5, 5.41) is 3.02. The summed E-state index contributed by atoms with van der Waals surface area (Å²) in [5.41, 5.74) is 7.02. The molecule has 1 aliphatic heterocycles. The van der Waals surface area contributed by atoms with Gasteiger partial charge in [0.2, 0.25) is 5.91 Å². The van der Waals surface area contributed by atoms with E-state index in [0.29, 0.717) is 6.04 Å². The molecule has 2 unspecified atom stereocenters. The molecule has 0 aliphatic carbocycles. The molecule has 3 N–H and O–H groups in total. The molecule has 0 aromatic carbocycles. The molecule has 1 fully saturated rings. The number of rotatable bonds is 6. The molecule has 22 heavy (non-hydrogen) atoms. The SMILES string of the molecule is COCC(N)C(=O)NC1CCN(C(C)c2ccncc2)CC1. The van der Waals surface area contributed by atoms with Crippen LogP contribution < -0.4 is 11.1 Å². The second kappa shape index (κ2) is 8.22. The van der Waals surface area contributed by atoms with Gasteiger partial charge in [0.25, 0.3) is 0 Å². The Balaban J connectivity index is 1.79. The fraction of sp³-hybridized carbons (Fsp3) is 0.625. The highest BCUT2D eigenvalue weighted by atomic mass is 16.5. The summed E-state index contributed by atoms with van der Waals surface area (Å²) in [7, 11) is 1.55. The summed E-state index contributed by atoms with van der Waals surface area (Å²) in [6.45, 7) is 4.40. The molecule has 1 aromatic heterocycles. The summed E-state index contributed by atoms with van der Waals surface area (Å²) in [6, 6.07) is 4.11. The van der Waals surface area contributed by atoms with Gasteiger partial charge in [-0.15, -0.1) is 0 Å². The third-order valence-electron chi connectivity index (χ3n) is 4.30. The highest BCUT2D eigenvalue weighted by Crippen LogP contribution is 2.23. The number of amides is 1. The van der Waals surface area contributed by atoms with Crippen LogP contribution in [0.2, 0.25) is 0 Å². The van der Waals surface area contributed by atoms with E-state index in [9.17, 15) is 4.79 Å². The zero-order chi connectivity index (χ0) is 15.9. The predicted octanol–water partition coefficient (Wildman–Crippen LogP) is 0.697. The molecule has 1 saturated heterocycles. The average molecular weight is 306 g/mol. The van der Waals surface area contributed by atoms with Gasteiger partial charge in [-0.3, -0.25) is 14.7 Å². The standard InChI is InChI=1S/C16H26N4O2/c1-12(13-3-7-18-8-4-13)20-9-5-14(6-10-20)19-16(21)15(17)11-22-2/h3-4,7-8,12,14-15H,5-6,9-11,17H2,1-2H3,(H,19,21). The van der Waals surface area contributed by atoms with Crippen LogP contribution in [0.15, 0.2) is 24.5 Å². The number of nitrogens with zero attached hydrogens (tertiary/aromatic N) is 2. The van der Waals surface area contributed by atoms with Crippen LogP contribution in [-0.2, 0) is 9.53 Å². The van der Waals surface area contributed by atoms with E-state index < -0.39 is 6.04 Å². The van der Waals surface area contributed by atoms with Gasteiger partial charge in [0.1, 0.15) is 6.04 Å². The number of carbonyl (C=O) groups is 1. The van der Waals surface area contributed by atoms with Crippen LogP contribution in [0.25, 0.3) is 0 Å². The van der Waals surface area contributed by atoms with Gasteiger partial charge in [0.05, 0.1) is 6.61 Å². The monoisotopic (exact) mass is 306 g/mol. The van der Waals surface area contributed by atoms with Crippen LogP contribution in [0, 0.1) is 0 Å². The molecule has 6 nitrogen and oxygen atoms in total. The number of piperidine rings is 1. The maximum Gasteiger partial charge on any atom is 0.239 e. The number of aromatic nitrogens is 1. The lowest BCUT2D eigenvalue weighted by atomic mass is 10.0. The van der Waals surface area contributed by atoms with Crippen LogP contribution >= 0.6 is 0 Å². The number of nitrogens with one attached hydrogen (secondary N) is 1. The average Bonchev–Trinajstić information content (AvgIpc) is 2.56. The Morgan fingerprint density at radius 2 is 2.09 bits per heavy atom. The number of ether oxygens (including phenoxy) is 1. The molecule has 0 bridgehead atoms. The third-order valence-corrected chi connectivity index (χ3v) is 4.30. The zero-order valence-electron chi connectivity index (χ0n) is 13.4.